The number of anilines is 2. The maximum absolute atomic E-state index is 12.8. The summed E-state index contributed by atoms with van der Waals surface area (Å²) in [6.07, 6.45) is 0. The van der Waals surface area contributed by atoms with E-state index in [0.717, 1.165) is 16.2 Å². The smallest absolute Gasteiger partial charge is 0.255 e. The zero-order valence-corrected chi connectivity index (χ0v) is 18.8. The van der Waals surface area contributed by atoms with Crippen LogP contribution in [0.15, 0.2) is 71.6 Å². The standard InChI is InChI=1S/C24H23ClN2O3S/c1-3-30-23-13-4-17(14-18(23)15-31-22-11-5-19(25)6-12-22)24(29)27-21-9-7-20(8-10-21)26-16(2)28/h4-14H,3,15H2,1-2H3,(H,26,28)(H,27,29). The van der Waals surface area contributed by atoms with Gasteiger partial charge < -0.3 is 15.4 Å². The van der Waals surface area contributed by atoms with Crippen molar-refractivity contribution < 1.29 is 14.3 Å². The largest absolute Gasteiger partial charge is 0.494 e. The van der Waals surface area contributed by atoms with Gasteiger partial charge in [0.1, 0.15) is 5.75 Å². The summed E-state index contributed by atoms with van der Waals surface area (Å²) in [5, 5.41) is 6.28. The monoisotopic (exact) mass is 454 g/mol. The lowest BCUT2D eigenvalue weighted by atomic mass is 10.1. The third kappa shape index (κ3) is 6.77. The van der Waals surface area contributed by atoms with E-state index in [1.54, 1.807) is 42.1 Å². The summed E-state index contributed by atoms with van der Waals surface area (Å²) in [5.74, 6) is 1.06. The fourth-order valence-corrected chi connectivity index (χ4v) is 3.87. The molecule has 3 aromatic rings. The lowest BCUT2D eigenvalue weighted by molar-refractivity contribution is -0.114. The molecule has 3 aromatic carbocycles. The van der Waals surface area contributed by atoms with Gasteiger partial charge in [-0.15, -0.1) is 11.8 Å². The van der Waals surface area contributed by atoms with Crippen molar-refractivity contribution in [2.24, 2.45) is 0 Å². The number of carbonyl (C=O) groups is 2. The number of benzene rings is 3. The highest BCUT2D eigenvalue weighted by Gasteiger charge is 2.12. The molecule has 0 aliphatic rings. The topological polar surface area (TPSA) is 67.4 Å². The van der Waals surface area contributed by atoms with Crippen molar-refractivity contribution in [3.63, 3.8) is 0 Å². The van der Waals surface area contributed by atoms with Crippen LogP contribution in [0.5, 0.6) is 5.75 Å². The summed E-state index contributed by atoms with van der Waals surface area (Å²) in [5.41, 5.74) is 2.80. The van der Waals surface area contributed by atoms with Crippen LogP contribution in [0.25, 0.3) is 0 Å². The number of hydrogen-bond donors (Lipinski definition) is 2. The average molecular weight is 455 g/mol. The average Bonchev–Trinajstić information content (AvgIpc) is 2.75. The van der Waals surface area contributed by atoms with Crippen molar-refractivity contribution in [2.45, 2.75) is 24.5 Å². The van der Waals surface area contributed by atoms with Gasteiger partial charge >= 0.3 is 0 Å². The van der Waals surface area contributed by atoms with Crippen molar-refractivity contribution in [3.05, 3.63) is 82.9 Å². The minimum absolute atomic E-state index is 0.143. The molecule has 0 unspecified atom stereocenters. The quantitative estimate of drug-likeness (QED) is 0.395. The van der Waals surface area contributed by atoms with E-state index in [1.807, 2.05) is 43.3 Å². The van der Waals surface area contributed by atoms with E-state index in [0.29, 0.717) is 34.3 Å². The van der Waals surface area contributed by atoms with Crippen molar-refractivity contribution in [1.29, 1.82) is 0 Å². The number of hydrogen-bond acceptors (Lipinski definition) is 4. The fourth-order valence-electron chi connectivity index (χ4n) is 2.87. The molecule has 3 rings (SSSR count). The molecule has 0 aliphatic heterocycles. The third-order valence-corrected chi connectivity index (χ3v) is 5.61. The van der Waals surface area contributed by atoms with E-state index >= 15 is 0 Å². The Morgan fingerprint density at radius 1 is 0.935 bits per heavy atom. The lowest BCUT2D eigenvalue weighted by Gasteiger charge is -2.13. The van der Waals surface area contributed by atoms with Gasteiger partial charge in [-0.3, -0.25) is 9.59 Å². The van der Waals surface area contributed by atoms with Crippen LogP contribution in [0.3, 0.4) is 0 Å². The van der Waals surface area contributed by atoms with Crippen molar-refractivity contribution >= 4 is 46.6 Å². The summed E-state index contributed by atoms with van der Waals surface area (Å²) in [4.78, 5) is 25.0. The molecule has 0 fully saturated rings. The first-order valence-corrected chi connectivity index (χ1v) is 11.1. The third-order valence-electron chi connectivity index (χ3n) is 4.29. The van der Waals surface area contributed by atoms with E-state index in [2.05, 4.69) is 10.6 Å². The molecule has 0 saturated carbocycles. The zero-order valence-electron chi connectivity index (χ0n) is 17.3. The number of nitrogens with one attached hydrogen (secondary N) is 2. The number of ether oxygens (including phenoxy) is 1. The highest BCUT2D eigenvalue weighted by atomic mass is 35.5. The van der Waals surface area contributed by atoms with Gasteiger partial charge in [0.15, 0.2) is 0 Å². The van der Waals surface area contributed by atoms with Gasteiger partial charge in [-0.2, -0.15) is 0 Å². The van der Waals surface area contributed by atoms with Crippen molar-refractivity contribution in [3.8, 4) is 5.75 Å². The summed E-state index contributed by atoms with van der Waals surface area (Å²) < 4.78 is 5.74. The van der Waals surface area contributed by atoms with Crippen LogP contribution < -0.4 is 15.4 Å². The number of carbonyl (C=O) groups excluding carboxylic acids is 2. The molecule has 0 heterocycles. The number of halogens is 1. The molecule has 0 aliphatic carbocycles. The van der Waals surface area contributed by atoms with Gasteiger partial charge in [-0.25, -0.2) is 0 Å². The Balaban J connectivity index is 1.72. The predicted octanol–water partition coefficient (Wildman–Crippen LogP) is 6.24. The van der Waals surface area contributed by atoms with Crippen LogP contribution in [0.2, 0.25) is 5.02 Å². The number of amides is 2. The second-order valence-electron chi connectivity index (χ2n) is 6.71. The molecule has 2 amide bonds. The molecular formula is C24H23ClN2O3S. The zero-order chi connectivity index (χ0) is 22.2. The number of rotatable bonds is 8. The summed E-state index contributed by atoms with van der Waals surface area (Å²) >= 11 is 7.60. The highest BCUT2D eigenvalue weighted by Crippen LogP contribution is 2.30. The lowest BCUT2D eigenvalue weighted by Crippen LogP contribution is -2.13. The molecule has 31 heavy (non-hydrogen) atoms. The maximum Gasteiger partial charge on any atom is 0.255 e. The summed E-state index contributed by atoms with van der Waals surface area (Å²) in [6, 6.07) is 20.1. The van der Waals surface area contributed by atoms with Crippen LogP contribution >= 0.6 is 23.4 Å². The molecule has 160 valence electrons. The normalized spacial score (nSPS) is 10.4. The van der Waals surface area contributed by atoms with E-state index in [1.165, 1.54) is 6.92 Å². The minimum Gasteiger partial charge on any atom is -0.494 e. The fraction of sp³-hybridized carbons (Fsp3) is 0.167. The Labute approximate surface area is 191 Å². The van der Waals surface area contributed by atoms with Gasteiger partial charge in [-0.05, 0) is 73.7 Å². The Hall–Kier alpha value is -2.96. The predicted molar refractivity (Wildman–Crippen MR) is 127 cm³/mol. The van der Waals surface area contributed by atoms with Crippen molar-refractivity contribution in [2.75, 3.05) is 17.2 Å². The highest BCUT2D eigenvalue weighted by molar-refractivity contribution is 7.98. The van der Waals surface area contributed by atoms with Crippen molar-refractivity contribution in [1.82, 2.24) is 0 Å². The molecule has 2 N–H and O–H groups in total. The number of thioether (sulfide) groups is 1. The Morgan fingerprint density at radius 2 is 1.58 bits per heavy atom. The second kappa shape index (κ2) is 10.9. The van der Waals surface area contributed by atoms with Gasteiger partial charge in [0.2, 0.25) is 5.91 Å². The van der Waals surface area contributed by atoms with Gasteiger partial charge in [0.25, 0.3) is 5.91 Å². The molecule has 0 aromatic heterocycles. The second-order valence-corrected chi connectivity index (χ2v) is 8.20. The van der Waals surface area contributed by atoms with Crippen LogP contribution in [0.1, 0.15) is 29.8 Å². The SMILES string of the molecule is CCOc1ccc(C(=O)Nc2ccc(NC(C)=O)cc2)cc1CSc1ccc(Cl)cc1. The van der Waals surface area contributed by atoms with Gasteiger partial charge in [0.05, 0.1) is 6.61 Å². The minimum atomic E-state index is -0.215. The van der Waals surface area contributed by atoms with Crippen LogP contribution in [0, 0.1) is 0 Å². The van der Waals surface area contributed by atoms with Gasteiger partial charge in [0, 0.05) is 45.1 Å². The molecule has 0 radical (unpaired) electrons. The van der Waals surface area contributed by atoms with Crippen LogP contribution in [-0.2, 0) is 10.5 Å². The molecule has 7 heteroatoms. The summed E-state index contributed by atoms with van der Waals surface area (Å²) in [7, 11) is 0. The van der Waals surface area contributed by atoms with E-state index in [4.69, 9.17) is 16.3 Å². The first-order chi connectivity index (χ1) is 14.9. The first kappa shape index (κ1) is 22.7. The molecule has 0 atom stereocenters. The first-order valence-electron chi connectivity index (χ1n) is 9.77. The molecule has 0 bridgehead atoms. The Kier molecular flexibility index (Phi) is 7.98. The maximum atomic E-state index is 12.8. The Morgan fingerprint density at radius 3 is 2.19 bits per heavy atom. The molecule has 5 nitrogen and oxygen atoms in total. The van der Waals surface area contributed by atoms with Gasteiger partial charge in [-0.1, -0.05) is 11.6 Å². The molecule has 0 spiro atoms. The summed E-state index contributed by atoms with van der Waals surface area (Å²) in [6.45, 7) is 3.93. The van der Waals surface area contributed by atoms with E-state index in [9.17, 15) is 9.59 Å². The van der Waals surface area contributed by atoms with Crippen LogP contribution in [0.4, 0.5) is 11.4 Å². The van der Waals surface area contributed by atoms with Crippen LogP contribution in [-0.4, -0.2) is 18.4 Å². The molecule has 0 saturated heterocycles. The van der Waals surface area contributed by atoms with E-state index < -0.39 is 0 Å². The molecular weight excluding hydrogens is 432 g/mol. The Bertz CT molecular complexity index is 1050. The van der Waals surface area contributed by atoms with E-state index in [-0.39, 0.29) is 11.8 Å².